The molecule has 0 aliphatic rings. The molecule has 0 saturated carbocycles. The van der Waals surface area contributed by atoms with Crippen LogP contribution in [-0.2, 0) is 6.54 Å². The molecule has 33 heavy (non-hydrogen) atoms. The first-order valence-corrected chi connectivity index (χ1v) is 10.3. The van der Waals surface area contributed by atoms with Crippen molar-refractivity contribution in [1.29, 1.82) is 0 Å². The van der Waals surface area contributed by atoms with Crippen molar-refractivity contribution >= 4 is 33.4 Å². The lowest BCUT2D eigenvalue weighted by molar-refractivity contribution is 0.0706. The summed E-state index contributed by atoms with van der Waals surface area (Å²) in [6.45, 7) is 2.29. The van der Waals surface area contributed by atoms with Gasteiger partial charge in [-0.25, -0.2) is 5.48 Å². The van der Waals surface area contributed by atoms with Crippen molar-refractivity contribution in [2.24, 2.45) is 5.18 Å². The fourth-order valence-electron chi connectivity index (χ4n) is 4.27. The molecule has 0 atom stereocenters. The second-order valence-electron chi connectivity index (χ2n) is 7.93. The van der Waals surface area contributed by atoms with Crippen LogP contribution in [0.2, 0.25) is 0 Å². The second-order valence-corrected chi connectivity index (χ2v) is 7.93. The minimum atomic E-state index is -0.596. The van der Waals surface area contributed by atoms with Crippen LogP contribution in [0.4, 0.5) is 5.69 Å². The molecule has 3 aromatic carbocycles. The molecule has 8 heteroatoms. The molecule has 0 unspecified atom stereocenters. The summed E-state index contributed by atoms with van der Waals surface area (Å²) in [6, 6.07) is 19.9. The molecule has 0 aliphatic heterocycles. The van der Waals surface area contributed by atoms with E-state index in [0.717, 1.165) is 27.5 Å². The molecule has 0 fully saturated rings. The van der Waals surface area contributed by atoms with Gasteiger partial charge in [0.2, 0.25) is 5.88 Å². The monoisotopic (exact) mass is 440 g/mol. The molecular formula is C25H20N4O4. The number of aromatic amines is 1. The van der Waals surface area contributed by atoms with Gasteiger partial charge in [0.15, 0.2) is 0 Å². The number of H-pyrrole nitrogens is 1. The summed E-state index contributed by atoms with van der Waals surface area (Å²) >= 11 is 0. The predicted molar refractivity (Wildman–Crippen MR) is 126 cm³/mol. The van der Waals surface area contributed by atoms with E-state index in [2.05, 4.69) is 10.2 Å². The van der Waals surface area contributed by atoms with Crippen LogP contribution in [0, 0.1) is 11.8 Å². The molecule has 0 spiro atoms. The fourth-order valence-corrected chi connectivity index (χ4v) is 4.27. The molecule has 1 amide bonds. The summed E-state index contributed by atoms with van der Waals surface area (Å²) in [5, 5.41) is 24.9. The summed E-state index contributed by atoms with van der Waals surface area (Å²) in [5.74, 6) is -0.592. The first-order valence-electron chi connectivity index (χ1n) is 10.3. The van der Waals surface area contributed by atoms with E-state index >= 15 is 0 Å². The maximum Gasteiger partial charge on any atom is 0.274 e. The van der Waals surface area contributed by atoms with Crippen molar-refractivity contribution in [3.8, 4) is 17.1 Å². The van der Waals surface area contributed by atoms with Crippen molar-refractivity contribution in [2.75, 3.05) is 0 Å². The van der Waals surface area contributed by atoms with Gasteiger partial charge in [-0.1, -0.05) is 42.0 Å². The summed E-state index contributed by atoms with van der Waals surface area (Å²) < 4.78 is 1.76. The summed E-state index contributed by atoms with van der Waals surface area (Å²) in [5.41, 5.74) is 6.56. The molecule has 8 nitrogen and oxygen atoms in total. The van der Waals surface area contributed by atoms with Crippen molar-refractivity contribution < 1.29 is 15.1 Å². The first-order chi connectivity index (χ1) is 16.0. The maximum atomic E-state index is 11.8. The maximum absolute atomic E-state index is 11.8. The number of benzene rings is 3. The number of aromatic hydroxyl groups is 1. The van der Waals surface area contributed by atoms with Crippen LogP contribution in [0.15, 0.2) is 71.9 Å². The third kappa shape index (κ3) is 3.33. The number of hydroxylamine groups is 1. The normalized spacial score (nSPS) is 11.2. The van der Waals surface area contributed by atoms with Crippen LogP contribution in [0.25, 0.3) is 33.1 Å². The fraction of sp³-hybridized carbons (Fsp3) is 0.0800. The number of nitrogens with zero attached hydrogens (tertiary/aromatic N) is 2. The Balaban J connectivity index is 1.69. The number of fused-ring (bicyclic) bond motifs is 2. The molecule has 5 rings (SSSR count). The SMILES string of the molecule is Cc1ccc2c(c1)c(-c1[nH]c3ccccc3c1N=O)c(O)n2Cc1ccc(C(=O)NO)cc1. The number of nitrogens with one attached hydrogen (secondary N) is 2. The molecular weight excluding hydrogens is 420 g/mol. The van der Waals surface area contributed by atoms with Gasteiger partial charge < -0.3 is 14.7 Å². The molecule has 4 N–H and O–H groups in total. The minimum Gasteiger partial charge on any atom is -0.494 e. The number of amides is 1. The van der Waals surface area contributed by atoms with Crippen LogP contribution in [-0.4, -0.2) is 25.8 Å². The highest BCUT2D eigenvalue weighted by Gasteiger charge is 2.24. The minimum absolute atomic E-state index is 0.00392. The van der Waals surface area contributed by atoms with E-state index in [4.69, 9.17) is 5.21 Å². The summed E-state index contributed by atoms with van der Waals surface area (Å²) in [4.78, 5) is 26.6. The number of aromatic nitrogens is 2. The van der Waals surface area contributed by atoms with Gasteiger partial charge in [-0.15, -0.1) is 4.91 Å². The Kier molecular flexibility index (Phi) is 4.91. The number of carbonyl (C=O) groups excluding carboxylic acids is 1. The third-order valence-corrected chi connectivity index (χ3v) is 5.87. The average molecular weight is 440 g/mol. The van der Waals surface area contributed by atoms with Gasteiger partial charge in [-0.05, 0) is 48.0 Å². The molecule has 0 bridgehead atoms. The van der Waals surface area contributed by atoms with E-state index in [1.165, 1.54) is 0 Å². The highest BCUT2D eigenvalue weighted by atomic mass is 16.5. The van der Waals surface area contributed by atoms with Gasteiger partial charge in [0.05, 0.1) is 23.3 Å². The van der Waals surface area contributed by atoms with E-state index in [-0.39, 0.29) is 11.6 Å². The van der Waals surface area contributed by atoms with Gasteiger partial charge in [-0.2, -0.15) is 0 Å². The second kappa shape index (κ2) is 7.92. The Bertz CT molecular complexity index is 1530. The number of nitroso groups, excluding NO2 is 1. The number of hydrogen-bond acceptors (Lipinski definition) is 5. The summed E-state index contributed by atoms with van der Waals surface area (Å²) in [7, 11) is 0. The molecule has 5 aromatic rings. The zero-order valence-corrected chi connectivity index (χ0v) is 17.7. The lowest BCUT2D eigenvalue weighted by Crippen LogP contribution is -2.18. The number of aryl methyl sites for hydroxylation is 1. The molecule has 2 aromatic heterocycles. The van der Waals surface area contributed by atoms with Crippen LogP contribution in [0.3, 0.4) is 0 Å². The van der Waals surface area contributed by atoms with E-state index in [0.29, 0.717) is 28.8 Å². The number of para-hydroxylation sites is 1. The third-order valence-electron chi connectivity index (χ3n) is 5.87. The van der Waals surface area contributed by atoms with Crippen molar-refractivity contribution in [3.63, 3.8) is 0 Å². The van der Waals surface area contributed by atoms with Crippen molar-refractivity contribution in [3.05, 3.63) is 88.3 Å². The number of rotatable bonds is 5. The smallest absolute Gasteiger partial charge is 0.274 e. The topological polar surface area (TPSA) is 120 Å². The highest BCUT2D eigenvalue weighted by Crippen LogP contribution is 2.46. The quantitative estimate of drug-likeness (QED) is 0.167. The summed E-state index contributed by atoms with van der Waals surface area (Å²) in [6.07, 6.45) is 0. The first kappa shape index (κ1) is 20.5. The highest BCUT2D eigenvalue weighted by molar-refractivity contribution is 6.07. The number of hydrogen-bond donors (Lipinski definition) is 4. The Morgan fingerprint density at radius 2 is 1.82 bits per heavy atom. The van der Waals surface area contributed by atoms with E-state index in [1.54, 1.807) is 34.3 Å². The zero-order valence-electron chi connectivity index (χ0n) is 17.7. The Morgan fingerprint density at radius 3 is 2.55 bits per heavy atom. The standard InChI is InChI=1S/C25H20N4O4/c1-14-6-11-20-18(12-14)21(23-22(27-32)17-4-2-3-5-19(17)26-23)25(31)29(20)13-15-7-9-16(10-8-15)24(30)28-33/h2-12,26,31,33H,13H2,1H3,(H,28,30). The molecule has 2 heterocycles. The predicted octanol–water partition coefficient (Wildman–Crippen LogP) is 5.37. The average Bonchev–Trinajstić information content (AvgIpc) is 3.33. The zero-order chi connectivity index (χ0) is 23.1. The van der Waals surface area contributed by atoms with E-state index in [9.17, 15) is 14.8 Å². The van der Waals surface area contributed by atoms with Crippen molar-refractivity contribution in [1.82, 2.24) is 15.0 Å². The Morgan fingerprint density at radius 1 is 1.06 bits per heavy atom. The lowest BCUT2D eigenvalue weighted by Gasteiger charge is -2.09. The van der Waals surface area contributed by atoms with E-state index in [1.807, 2.05) is 49.4 Å². The largest absolute Gasteiger partial charge is 0.494 e. The molecule has 0 radical (unpaired) electrons. The van der Waals surface area contributed by atoms with Crippen LogP contribution >= 0.6 is 0 Å². The van der Waals surface area contributed by atoms with Gasteiger partial charge in [0, 0.05) is 21.9 Å². The lowest BCUT2D eigenvalue weighted by atomic mass is 10.1. The Hall–Kier alpha value is -4.43. The van der Waals surface area contributed by atoms with Gasteiger partial charge in [0.25, 0.3) is 5.91 Å². The van der Waals surface area contributed by atoms with Crippen LogP contribution < -0.4 is 5.48 Å². The van der Waals surface area contributed by atoms with Crippen molar-refractivity contribution in [2.45, 2.75) is 13.5 Å². The molecule has 164 valence electrons. The van der Waals surface area contributed by atoms with Gasteiger partial charge in [-0.3, -0.25) is 10.0 Å². The van der Waals surface area contributed by atoms with Crippen LogP contribution in [0.1, 0.15) is 21.5 Å². The van der Waals surface area contributed by atoms with E-state index < -0.39 is 5.91 Å². The van der Waals surface area contributed by atoms with Gasteiger partial charge >= 0.3 is 0 Å². The Labute approximate surface area is 188 Å². The molecule has 0 aliphatic carbocycles. The van der Waals surface area contributed by atoms with Crippen LogP contribution in [0.5, 0.6) is 5.88 Å². The number of carbonyl (C=O) groups is 1. The van der Waals surface area contributed by atoms with Gasteiger partial charge in [0.1, 0.15) is 5.69 Å². The molecule has 0 saturated heterocycles.